The molecule has 30 heavy (non-hydrogen) atoms. The van der Waals surface area contributed by atoms with Gasteiger partial charge >= 0.3 is 6.03 Å². The van der Waals surface area contributed by atoms with E-state index in [1.807, 2.05) is 13.8 Å². The van der Waals surface area contributed by atoms with Crippen LogP contribution in [0.1, 0.15) is 19.4 Å². The van der Waals surface area contributed by atoms with Crippen molar-refractivity contribution in [3.05, 3.63) is 56.9 Å². The summed E-state index contributed by atoms with van der Waals surface area (Å²) in [5, 5.41) is 2.08. The third-order valence-electron chi connectivity index (χ3n) is 4.13. The van der Waals surface area contributed by atoms with Crippen LogP contribution in [0.3, 0.4) is 0 Å². The summed E-state index contributed by atoms with van der Waals surface area (Å²) in [7, 11) is 0. The molecule has 7 nitrogen and oxygen atoms in total. The quantitative estimate of drug-likeness (QED) is 0.352. The van der Waals surface area contributed by atoms with Gasteiger partial charge < -0.3 is 9.47 Å². The van der Waals surface area contributed by atoms with Crippen LogP contribution >= 0.6 is 22.6 Å². The first kappa shape index (κ1) is 21.8. The first-order valence-electron chi connectivity index (χ1n) is 9.12. The fourth-order valence-electron chi connectivity index (χ4n) is 2.89. The van der Waals surface area contributed by atoms with Crippen LogP contribution in [0.4, 0.5) is 14.9 Å². The second kappa shape index (κ2) is 9.24. The number of rotatable bonds is 6. The average molecular weight is 524 g/mol. The maximum Gasteiger partial charge on any atom is 0.336 e. The topological polar surface area (TPSA) is 84.9 Å². The van der Waals surface area contributed by atoms with E-state index in [-0.39, 0.29) is 11.3 Å². The Morgan fingerprint density at radius 3 is 2.47 bits per heavy atom. The maximum atomic E-state index is 14.2. The Hall–Kier alpha value is -2.95. The molecule has 1 saturated heterocycles. The van der Waals surface area contributed by atoms with Crippen LogP contribution in [-0.4, -0.2) is 31.1 Å². The van der Waals surface area contributed by atoms with Crippen LogP contribution < -0.4 is 19.7 Å². The van der Waals surface area contributed by atoms with Gasteiger partial charge in [-0.05, 0) is 72.3 Å². The van der Waals surface area contributed by atoms with Gasteiger partial charge in [-0.1, -0.05) is 12.1 Å². The molecule has 156 valence electrons. The van der Waals surface area contributed by atoms with Crippen LogP contribution in [0.25, 0.3) is 6.08 Å². The number of barbiturate groups is 1. The zero-order chi connectivity index (χ0) is 21.8. The number of amides is 4. The minimum Gasteiger partial charge on any atom is -0.490 e. The molecule has 0 bridgehead atoms. The normalized spacial score (nSPS) is 15.4. The van der Waals surface area contributed by atoms with Crippen molar-refractivity contribution in [1.82, 2.24) is 5.32 Å². The summed E-state index contributed by atoms with van der Waals surface area (Å²) in [6.45, 7) is 4.51. The number of anilines is 1. The Morgan fingerprint density at radius 1 is 1.10 bits per heavy atom. The van der Waals surface area contributed by atoms with Crippen LogP contribution in [-0.2, 0) is 9.59 Å². The molecule has 0 atom stereocenters. The molecule has 4 amide bonds. The molecule has 0 aromatic heterocycles. The summed E-state index contributed by atoms with van der Waals surface area (Å²) in [6.07, 6.45) is 1.33. The number of nitrogens with zero attached hydrogens (tertiary/aromatic N) is 1. The standard InChI is InChI=1S/C21H18FIN2O5/c1-3-29-17-11-12(10-15(23)18(17)30-4-2)9-13-19(26)24-21(28)25(20(13)27)16-8-6-5-7-14(16)22/h5-11H,3-4H2,1-2H3,(H,24,26,28)/b13-9-. The van der Waals surface area contributed by atoms with Gasteiger partial charge in [0.15, 0.2) is 11.5 Å². The largest absolute Gasteiger partial charge is 0.490 e. The number of benzene rings is 2. The number of nitrogens with one attached hydrogen (secondary N) is 1. The van der Waals surface area contributed by atoms with Crippen molar-refractivity contribution in [3.8, 4) is 11.5 Å². The van der Waals surface area contributed by atoms with Gasteiger partial charge in [0, 0.05) is 0 Å². The van der Waals surface area contributed by atoms with Crippen LogP contribution in [0, 0.1) is 9.39 Å². The minimum absolute atomic E-state index is 0.241. The molecule has 0 radical (unpaired) electrons. The maximum absolute atomic E-state index is 14.2. The van der Waals surface area contributed by atoms with Gasteiger partial charge in [0.05, 0.1) is 22.5 Å². The fourth-order valence-corrected chi connectivity index (χ4v) is 3.68. The molecule has 0 aliphatic carbocycles. The van der Waals surface area contributed by atoms with Crippen molar-refractivity contribution in [2.24, 2.45) is 0 Å². The number of carbonyl (C=O) groups excluding carboxylic acids is 3. The summed E-state index contributed by atoms with van der Waals surface area (Å²) in [6, 6.07) is 7.67. The molecule has 0 spiro atoms. The number of para-hydroxylation sites is 1. The smallest absolute Gasteiger partial charge is 0.336 e. The molecule has 1 aliphatic rings. The van der Waals surface area contributed by atoms with Gasteiger partial charge in [-0.25, -0.2) is 14.1 Å². The molecule has 1 fully saturated rings. The summed E-state index contributed by atoms with van der Waals surface area (Å²) >= 11 is 2.07. The molecule has 0 unspecified atom stereocenters. The molecule has 3 rings (SSSR count). The van der Waals surface area contributed by atoms with E-state index in [1.54, 1.807) is 12.1 Å². The van der Waals surface area contributed by atoms with Crippen molar-refractivity contribution in [2.45, 2.75) is 13.8 Å². The predicted molar refractivity (Wildman–Crippen MR) is 117 cm³/mol. The average Bonchev–Trinajstić information content (AvgIpc) is 2.69. The predicted octanol–water partition coefficient (Wildman–Crippen LogP) is 3.89. The van der Waals surface area contributed by atoms with E-state index >= 15 is 0 Å². The molecule has 1 heterocycles. The Morgan fingerprint density at radius 2 is 1.80 bits per heavy atom. The lowest BCUT2D eigenvalue weighted by molar-refractivity contribution is -0.122. The van der Waals surface area contributed by atoms with Crippen LogP contribution in [0.15, 0.2) is 42.0 Å². The van der Waals surface area contributed by atoms with Crippen molar-refractivity contribution >= 4 is 52.2 Å². The number of hydrogen-bond donors (Lipinski definition) is 1. The molecule has 2 aromatic carbocycles. The van der Waals surface area contributed by atoms with Crippen molar-refractivity contribution in [2.75, 3.05) is 18.1 Å². The lowest BCUT2D eigenvalue weighted by atomic mass is 10.1. The SMILES string of the molecule is CCOc1cc(/C=C2/C(=O)NC(=O)N(c3ccccc3F)C2=O)cc(I)c1OCC. The van der Waals surface area contributed by atoms with Crippen LogP contribution in [0.2, 0.25) is 0 Å². The summed E-state index contributed by atoms with van der Waals surface area (Å²) < 4.78 is 26.1. The van der Waals surface area contributed by atoms with Gasteiger partial charge in [-0.2, -0.15) is 0 Å². The first-order valence-corrected chi connectivity index (χ1v) is 10.2. The summed E-state index contributed by atoms with van der Waals surface area (Å²) in [5.74, 6) is -1.52. The van der Waals surface area contributed by atoms with E-state index < -0.39 is 23.7 Å². The number of halogens is 2. The zero-order valence-corrected chi connectivity index (χ0v) is 18.4. The first-order chi connectivity index (χ1) is 14.4. The van der Waals surface area contributed by atoms with E-state index in [4.69, 9.17) is 9.47 Å². The van der Waals surface area contributed by atoms with Gasteiger partial charge in [-0.3, -0.25) is 14.9 Å². The lowest BCUT2D eigenvalue weighted by Gasteiger charge is -2.26. The minimum atomic E-state index is -1.01. The molecular weight excluding hydrogens is 506 g/mol. The molecule has 1 N–H and O–H groups in total. The number of hydrogen-bond acceptors (Lipinski definition) is 5. The van der Waals surface area contributed by atoms with E-state index in [1.165, 1.54) is 24.3 Å². The Bertz CT molecular complexity index is 1050. The van der Waals surface area contributed by atoms with Gasteiger partial charge in [0.2, 0.25) is 0 Å². The lowest BCUT2D eigenvalue weighted by Crippen LogP contribution is -2.54. The number of carbonyl (C=O) groups is 3. The second-order valence-electron chi connectivity index (χ2n) is 6.11. The highest BCUT2D eigenvalue weighted by Crippen LogP contribution is 2.35. The number of ether oxygens (including phenoxy) is 2. The summed E-state index contributed by atoms with van der Waals surface area (Å²) in [4.78, 5) is 38.1. The van der Waals surface area contributed by atoms with E-state index in [0.29, 0.717) is 35.2 Å². The van der Waals surface area contributed by atoms with Gasteiger partial charge in [0.25, 0.3) is 11.8 Å². The number of urea groups is 1. The third-order valence-corrected chi connectivity index (χ3v) is 4.93. The second-order valence-corrected chi connectivity index (χ2v) is 7.27. The monoisotopic (exact) mass is 524 g/mol. The van der Waals surface area contributed by atoms with Gasteiger partial charge in [-0.15, -0.1) is 0 Å². The Kier molecular flexibility index (Phi) is 6.70. The highest BCUT2D eigenvalue weighted by atomic mass is 127. The Balaban J connectivity index is 2.05. The van der Waals surface area contributed by atoms with E-state index in [2.05, 4.69) is 27.9 Å². The fraction of sp³-hybridized carbons (Fsp3) is 0.190. The summed E-state index contributed by atoms with van der Waals surface area (Å²) in [5.41, 5.74) is -0.0532. The molecule has 2 aromatic rings. The van der Waals surface area contributed by atoms with E-state index in [0.717, 1.165) is 9.64 Å². The zero-order valence-electron chi connectivity index (χ0n) is 16.2. The van der Waals surface area contributed by atoms with Crippen molar-refractivity contribution in [3.63, 3.8) is 0 Å². The highest BCUT2D eigenvalue weighted by molar-refractivity contribution is 14.1. The molecular formula is C21H18FIN2O5. The Labute approximate surface area is 186 Å². The third kappa shape index (κ3) is 4.30. The molecule has 1 aliphatic heterocycles. The van der Waals surface area contributed by atoms with Crippen molar-refractivity contribution < 1.29 is 28.2 Å². The highest BCUT2D eigenvalue weighted by Gasteiger charge is 2.38. The molecule has 0 saturated carbocycles. The van der Waals surface area contributed by atoms with E-state index in [9.17, 15) is 18.8 Å². The van der Waals surface area contributed by atoms with Crippen LogP contribution in [0.5, 0.6) is 11.5 Å². The molecule has 9 heteroatoms. The number of imide groups is 2. The van der Waals surface area contributed by atoms with Gasteiger partial charge in [0.1, 0.15) is 11.4 Å². The van der Waals surface area contributed by atoms with Crippen molar-refractivity contribution in [1.29, 1.82) is 0 Å².